The number of benzene rings is 3. The third-order valence-electron chi connectivity index (χ3n) is 5.07. The lowest BCUT2D eigenvalue weighted by molar-refractivity contribution is -0.136. The standard InChI is InChI=1S/C25H27NO4/c1-16(2)26(17(3)4)23(27)15-30-22-14-13-18-9-5-6-10-19(18)24(22)20-11-7-8-12-21(20)25(28)29/h5-14,16-17H,15H2,1-4H3,(H,28,29). The zero-order chi connectivity index (χ0) is 21.8. The van der Waals surface area contributed by atoms with Crippen molar-refractivity contribution in [3.8, 4) is 16.9 Å². The SMILES string of the molecule is CC(C)N(C(=O)COc1ccc2ccccc2c1-c1ccccc1C(=O)O)C(C)C. The number of aromatic carboxylic acids is 1. The first-order valence-corrected chi connectivity index (χ1v) is 10.1. The van der Waals surface area contributed by atoms with E-state index in [0.717, 1.165) is 10.8 Å². The second kappa shape index (κ2) is 8.99. The first kappa shape index (κ1) is 21.4. The van der Waals surface area contributed by atoms with Gasteiger partial charge in [-0.05, 0) is 50.6 Å². The summed E-state index contributed by atoms with van der Waals surface area (Å²) in [5, 5.41) is 11.5. The lowest BCUT2D eigenvalue weighted by atomic mass is 9.93. The number of hydrogen-bond donors (Lipinski definition) is 1. The van der Waals surface area contributed by atoms with Crippen LogP contribution in [0.15, 0.2) is 60.7 Å². The van der Waals surface area contributed by atoms with Gasteiger partial charge in [0.25, 0.3) is 5.91 Å². The summed E-state index contributed by atoms with van der Waals surface area (Å²) in [5.41, 5.74) is 1.43. The Morgan fingerprint density at radius 2 is 1.53 bits per heavy atom. The minimum absolute atomic E-state index is 0.0601. The van der Waals surface area contributed by atoms with E-state index in [0.29, 0.717) is 16.9 Å². The molecule has 5 nitrogen and oxygen atoms in total. The molecule has 3 rings (SSSR count). The Bertz CT molecular complexity index is 1060. The van der Waals surface area contributed by atoms with Gasteiger partial charge in [-0.3, -0.25) is 4.79 Å². The first-order valence-electron chi connectivity index (χ1n) is 10.1. The number of carboxylic acids is 1. The normalized spacial score (nSPS) is 11.1. The van der Waals surface area contributed by atoms with Crippen LogP contribution in [0.5, 0.6) is 5.75 Å². The van der Waals surface area contributed by atoms with Gasteiger partial charge in [-0.15, -0.1) is 0 Å². The smallest absolute Gasteiger partial charge is 0.336 e. The number of carbonyl (C=O) groups is 2. The second-order valence-corrected chi connectivity index (χ2v) is 7.79. The monoisotopic (exact) mass is 405 g/mol. The molecule has 0 aliphatic carbocycles. The summed E-state index contributed by atoms with van der Waals surface area (Å²) in [4.78, 5) is 26.4. The molecular weight excluding hydrogens is 378 g/mol. The van der Waals surface area contributed by atoms with E-state index < -0.39 is 5.97 Å². The van der Waals surface area contributed by atoms with Gasteiger partial charge in [-0.1, -0.05) is 48.5 Å². The van der Waals surface area contributed by atoms with Crippen LogP contribution in [0.2, 0.25) is 0 Å². The van der Waals surface area contributed by atoms with Crippen LogP contribution in [-0.2, 0) is 4.79 Å². The fourth-order valence-electron chi connectivity index (χ4n) is 3.92. The van der Waals surface area contributed by atoms with Crippen molar-refractivity contribution in [3.05, 3.63) is 66.2 Å². The zero-order valence-corrected chi connectivity index (χ0v) is 17.8. The lowest BCUT2D eigenvalue weighted by Gasteiger charge is -2.30. The largest absolute Gasteiger partial charge is 0.483 e. The van der Waals surface area contributed by atoms with Gasteiger partial charge in [-0.25, -0.2) is 4.79 Å². The molecule has 0 saturated carbocycles. The maximum absolute atomic E-state index is 12.8. The highest BCUT2D eigenvalue weighted by atomic mass is 16.5. The van der Waals surface area contributed by atoms with E-state index in [4.69, 9.17) is 4.74 Å². The van der Waals surface area contributed by atoms with E-state index in [2.05, 4.69) is 0 Å². The lowest BCUT2D eigenvalue weighted by Crippen LogP contribution is -2.44. The van der Waals surface area contributed by atoms with E-state index in [9.17, 15) is 14.7 Å². The number of carbonyl (C=O) groups excluding carboxylic acids is 1. The predicted molar refractivity (Wildman–Crippen MR) is 119 cm³/mol. The molecule has 0 unspecified atom stereocenters. The first-order chi connectivity index (χ1) is 14.3. The van der Waals surface area contributed by atoms with E-state index in [1.165, 1.54) is 0 Å². The van der Waals surface area contributed by atoms with E-state index in [1.54, 1.807) is 35.2 Å². The molecule has 5 heteroatoms. The van der Waals surface area contributed by atoms with Crippen molar-refractivity contribution in [1.82, 2.24) is 4.90 Å². The molecule has 156 valence electrons. The molecule has 0 spiro atoms. The van der Waals surface area contributed by atoms with Crippen LogP contribution >= 0.6 is 0 Å². The Labute approximate surface area is 176 Å². The molecule has 30 heavy (non-hydrogen) atoms. The van der Waals surface area contributed by atoms with Crippen molar-refractivity contribution in [2.75, 3.05) is 6.61 Å². The zero-order valence-electron chi connectivity index (χ0n) is 17.8. The molecular formula is C25H27NO4. The van der Waals surface area contributed by atoms with Crippen molar-refractivity contribution in [1.29, 1.82) is 0 Å². The Kier molecular flexibility index (Phi) is 6.40. The molecule has 0 atom stereocenters. The topological polar surface area (TPSA) is 66.8 Å². The Morgan fingerprint density at radius 3 is 2.20 bits per heavy atom. The van der Waals surface area contributed by atoms with Crippen LogP contribution in [0.4, 0.5) is 0 Å². The van der Waals surface area contributed by atoms with Gasteiger partial charge < -0.3 is 14.7 Å². The molecule has 3 aromatic carbocycles. The van der Waals surface area contributed by atoms with Crippen LogP contribution in [0.3, 0.4) is 0 Å². The fraction of sp³-hybridized carbons (Fsp3) is 0.280. The highest BCUT2D eigenvalue weighted by Crippen LogP contribution is 2.39. The summed E-state index contributed by atoms with van der Waals surface area (Å²) in [6.07, 6.45) is 0. The molecule has 1 amide bonds. The molecule has 1 N–H and O–H groups in total. The Balaban J connectivity index is 2.08. The fourth-order valence-corrected chi connectivity index (χ4v) is 3.92. The van der Waals surface area contributed by atoms with Crippen LogP contribution in [0, 0.1) is 0 Å². The van der Waals surface area contributed by atoms with Gasteiger partial charge in [0.05, 0.1) is 5.56 Å². The third kappa shape index (κ3) is 4.30. The highest BCUT2D eigenvalue weighted by Gasteiger charge is 2.22. The van der Waals surface area contributed by atoms with E-state index >= 15 is 0 Å². The van der Waals surface area contributed by atoms with Gasteiger partial charge in [0.2, 0.25) is 0 Å². The average molecular weight is 405 g/mol. The number of hydrogen-bond acceptors (Lipinski definition) is 3. The van der Waals surface area contributed by atoms with Crippen molar-refractivity contribution < 1.29 is 19.4 Å². The van der Waals surface area contributed by atoms with Crippen molar-refractivity contribution >= 4 is 22.6 Å². The van der Waals surface area contributed by atoms with Gasteiger partial charge in [0.15, 0.2) is 6.61 Å². The molecule has 3 aromatic rings. The maximum Gasteiger partial charge on any atom is 0.336 e. The number of ether oxygens (including phenoxy) is 1. The second-order valence-electron chi connectivity index (χ2n) is 7.79. The minimum Gasteiger partial charge on any atom is -0.483 e. The van der Waals surface area contributed by atoms with Crippen LogP contribution in [0.25, 0.3) is 21.9 Å². The summed E-state index contributed by atoms with van der Waals surface area (Å²) in [7, 11) is 0. The van der Waals surface area contributed by atoms with Crippen LogP contribution < -0.4 is 4.74 Å². The molecule has 0 bridgehead atoms. The number of amides is 1. The number of nitrogens with zero attached hydrogens (tertiary/aromatic N) is 1. The van der Waals surface area contributed by atoms with Gasteiger partial charge >= 0.3 is 5.97 Å². The predicted octanol–water partition coefficient (Wildman–Crippen LogP) is 5.23. The van der Waals surface area contributed by atoms with Gasteiger partial charge in [-0.2, -0.15) is 0 Å². The Morgan fingerprint density at radius 1 is 0.900 bits per heavy atom. The maximum atomic E-state index is 12.8. The number of carboxylic acid groups (broad SMARTS) is 1. The summed E-state index contributed by atoms with van der Waals surface area (Å²) in [6, 6.07) is 18.4. The average Bonchev–Trinajstić information content (AvgIpc) is 2.71. The number of rotatable bonds is 7. The molecule has 0 aliphatic rings. The number of fused-ring (bicyclic) bond motifs is 1. The van der Waals surface area contributed by atoms with Gasteiger partial charge in [0, 0.05) is 23.2 Å². The summed E-state index contributed by atoms with van der Waals surface area (Å²) >= 11 is 0. The molecule has 0 radical (unpaired) electrons. The minimum atomic E-state index is -1.01. The Hall–Kier alpha value is -3.34. The van der Waals surface area contributed by atoms with Crippen LogP contribution in [0.1, 0.15) is 38.1 Å². The van der Waals surface area contributed by atoms with Crippen LogP contribution in [-0.4, -0.2) is 40.6 Å². The molecule has 0 fully saturated rings. The third-order valence-corrected chi connectivity index (χ3v) is 5.07. The van der Waals surface area contributed by atoms with Gasteiger partial charge in [0.1, 0.15) is 5.75 Å². The summed E-state index contributed by atoms with van der Waals surface area (Å²) in [5.74, 6) is -0.625. The molecule has 0 aromatic heterocycles. The molecule has 0 saturated heterocycles. The summed E-state index contributed by atoms with van der Waals surface area (Å²) in [6.45, 7) is 7.78. The van der Waals surface area contributed by atoms with Crippen molar-refractivity contribution in [3.63, 3.8) is 0 Å². The van der Waals surface area contributed by atoms with E-state index in [1.807, 2.05) is 58.0 Å². The van der Waals surface area contributed by atoms with E-state index in [-0.39, 0.29) is 30.2 Å². The van der Waals surface area contributed by atoms with Crippen molar-refractivity contribution in [2.24, 2.45) is 0 Å². The summed E-state index contributed by atoms with van der Waals surface area (Å²) < 4.78 is 5.99. The quantitative estimate of drug-likeness (QED) is 0.584. The van der Waals surface area contributed by atoms with Crippen molar-refractivity contribution in [2.45, 2.75) is 39.8 Å². The molecule has 0 aliphatic heterocycles. The highest BCUT2D eigenvalue weighted by molar-refractivity contribution is 6.05. The molecule has 0 heterocycles.